The molecule has 0 spiro atoms. The zero-order chi connectivity index (χ0) is 11.8. The molecular weight excluding hydrogens is 192 g/mol. The van der Waals surface area contributed by atoms with Gasteiger partial charge in [-0.15, -0.1) is 0 Å². The van der Waals surface area contributed by atoms with Crippen molar-refractivity contribution in [3.8, 4) is 0 Å². The first kappa shape index (κ1) is 12.5. The van der Waals surface area contributed by atoms with E-state index in [0.29, 0.717) is 10.8 Å². The van der Waals surface area contributed by atoms with Gasteiger partial charge in [0.15, 0.2) is 0 Å². The molecule has 2 saturated carbocycles. The molecule has 2 fully saturated rings. The van der Waals surface area contributed by atoms with Crippen molar-refractivity contribution in [1.29, 1.82) is 0 Å². The molecule has 0 amide bonds. The highest BCUT2D eigenvalue weighted by atomic mass is 14.5. The van der Waals surface area contributed by atoms with Gasteiger partial charge in [-0.25, -0.2) is 0 Å². The average Bonchev–Trinajstić information content (AvgIpc) is 2.78. The van der Waals surface area contributed by atoms with Crippen LogP contribution in [0.15, 0.2) is 0 Å². The second-order valence-corrected chi connectivity index (χ2v) is 8.05. The zero-order valence-corrected chi connectivity index (χ0v) is 11.8. The quantitative estimate of drug-likeness (QED) is 0.513. The average molecular weight is 222 g/mol. The molecule has 0 heterocycles. The maximum atomic E-state index is 2.49. The van der Waals surface area contributed by atoms with Crippen LogP contribution in [0.1, 0.15) is 79.1 Å². The summed E-state index contributed by atoms with van der Waals surface area (Å²) in [6.45, 7) is 9.97. The van der Waals surface area contributed by atoms with Crippen LogP contribution < -0.4 is 0 Å². The molecule has 94 valence electrons. The van der Waals surface area contributed by atoms with Crippen molar-refractivity contribution in [3.63, 3.8) is 0 Å². The van der Waals surface area contributed by atoms with Gasteiger partial charge >= 0.3 is 0 Å². The summed E-state index contributed by atoms with van der Waals surface area (Å²) in [6, 6.07) is 0. The lowest BCUT2D eigenvalue weighted by atomic mass is 9.81. The fraction of sp³-hybridized carbons (Fsp3) is 1.00. The highest BCUT2D eigenvalue weighted by molar-refractivity contribution is 4.93. The third-order valence-electron chi connectivity index (χ3n) is 4.91. The van der Waals surface area contributed by atoms with Gasteiger partial charge < -0.3 is 0 Å². The van der Waals surface area contributed by atoms with E-state index in [4.69, 9.17) is 0 Å². The first-order valence-corrected chi connectivity index (χ1v) is 7.38. The third-order valence-corrected chi connectivity index (χ3v) is 4.91. The van der Waals surface area contributed by atoms with E-state index in [0.717, 1.165) is 11.8 Å². The van der Waals surface area contributed by atoms with Crippen LogP contribution in [-0.4, -0.2) is 0 Å². The van der Waals surface area contributed by atoms with Crippen molar-refractivity contribution in [1.82, 2.24) is 0 Å². The van der Waals surface area contributed by atoms with E-state index >= 15 is 0 Å². The molecule has 0 aromatic heterocycles. The fourth-order valence-corrected chi connectivity index (χ4v) is 3.82. The Balaban J connectivity index is 1.95. The van der Waals surface area contributed by atoms with E-state index in [1.165, 1.54) is 51.4 Å². The van der Waals surface area contributed by atoms with Gasteiger partial charge in [0.2, 0.25) is 0 Å². The number of hydrogen-bond acceptors (Lipinski definition) is 0. The van der Waals surface area contributed by atoms with Gasteiger partial charge in [-0.2, -0.15) is 0 Å². The molecule has 2 rings (SSSR count). The Hall–Kier alpha value is 0. The predicted octanol–water partition coefficient (Wildman–Crippen LogP) is 5.42. The molecule has 0 radical (unpaired) electrons. The Morgan fingerprint density at radius 2 is 1.12 bits per heavy atom. The first-order valence-electron chi connectivity index (χ1n) is 7.38. The lowest BCUT2D eigenvalue weighted by molar-refractivity contribution is 0.263. The van der Waals surface area contributed by atoms with Crippen LogP contribution in [0, 0.1) is 22.7 Å². The number of fused-ring (bicyclic) bond motifs is 1. The Bertz CT molecular complexity index is 212. The van der Waals surface area contributed by atoms with Crippen molar-refractivity contribution in [2.24, 2.45) is 22.7 Å². The van der Waals surface area contributed by atoms with Gasteiger partial charge in [-0.3, -0.25) is 0 Å². The Morgan fingerprint density at radius 3 is 1.56 bits per heavy atom. The van der Waals surface area contributed by atoms with Crippen LogP contribution in [0.2, 0.25) is 0 Å². The molecule has 0 saturated heterocycles. The van der Waals surface area contributed by atoms with Gasteiger partial charge in [0.25, 0.3) is 0 Å². The highest BCUT2D eigenvalue weighted by Crippen LogP contribution is 2.53. The molecular formula is C16H30. The summed E-state index contributed by atoms with van der Waals surface area (Å²) in [5.41, 5.74) is 1.24. The predicted molar refractivity (Wildman–Crippen MR) is 71.5 cm³/mol. The van der Waals surface area contributed by atoms with E-state index in [1.54, 1.807) is 0 Å². The minimum Gasteiger partial charge on any atom is -0.0599 e. The summed E-state index contributed by atoms with van der Waals surface area (Å²) in [5.74, 6) is 2.15. The summed E-state index contributed by atoms with van der Waals surface area (Å²) in [6.07, 6.45) is 11.8. The van der Waals surface area contributed by atoms with Crippen molar-refractivity contribution in [2.45, 2.75) is 79.1 Å². The summed E-state index contributed by atoms with van der Waals surface area (Å²) >= 11 is 0. The van der Waals surface area contributed by atoms with Gasteiger partial charge in [-0.1, -0.05) is 47.0 Å². The SMILES string of the molecule is CC1(C)CCCCCC(C)(C)CC2CC2C1. The summed E-state index contributed by atoms with van der Waals surface area (Å²) in [4.78, 5) is 0. The standard InChI is InChI=1S/C16H30/c1-15(2)8-6-5-7-9-16(3,4)12-14-10-13(14)11-15/h13-14H,5-12H2,1-4H3. The normalized spacial score (nSPS) is 38.2. The van der Waals surface area contributed by atoms with Gasteiger partial charge in [0, 0.05) is 0 Å². The molecule has 0 bridgehead atoms. The Kier molecular flexibility index (Phi) is 3.39. The summed E-state index contributed by atoms with van der Waals surface area (Å²) in [7, 11) is 0. The maximum Gasteiger partial charge on any atom is -0.0351 e. The summed E-state index contributed by atoms with van der Waals surface area (Å²) in [5, 5.41) is 0. The van der Waals surface area contributed by atoms with Crippen molar-refractivity contribution in [3.05, 3.63) is 0 Å². The molecule has 2 aliphatic rings. The van der Waals surface area contributed by atoms with Crippen LogP contribution in [0.5, 0.6) is 0 Å². The molecule has 2 atom stereocenters. The minimum atomic E-state index is 0.619. The van der Waals surface area contributed by atoms with E-state index in [2.05, 4.69) is 27.7 Å². The van der Waals surface area contributed by atoms with Crippen LogP contribution in [0.4, 0.5) is 0 Å². The molecule has 0 N–H and O–H groups in total. The van der Waals surface area contributed by atoms with E-state index < -0.39 is 0 Å². The fourth-order valence-electron chi connectivity index (χ4n) is 3.82. The van der Waals surface area contributed by atoms with E-state index in [1.807, 2.05) is 0 Å². The topological polar surface area (TPSA) is 0 Å². The van der Waals surface area contributed by atoms with Crippen molar-refractivity contribution in [2.75, 3.05) is 0 Å². The molecule has 16 heavy (non-hydrogen) atoms. The minimum absolute atomic E-state index is 0.619. The third kappa shape index (κ3) is 3.50. The molecule has 2 unspecified atom stereocenters. The number of hydrogen-bond donors (Lipinski definition) is 0. The van der Waals surface area contributed by atoms with Crippen molar-refractivity contribution >= 4 is 0 Å². The van der Waals surface area contributed by atoms with Gasteiger partial charge in [-0.05, 0) is 54.8 Å². The van der Waals surface area contributed by atoms with Crippen molar-refractivity contribution < 1.29 is 0 Å². The maximum absolute atomic E-state index is 2.49. The van der Waals surface area contributed by atoms with Crippen LogP contribution in [0.25, 0.3) is 0 Å². The molecule has 0 nitrogen and oxygen atoms in total. The highest BCUT2D eigenvalue weighted by Gasteiger charge is 2.42. The number of rotatable bonds is 0. The second-order valence-electron chi connectivity index (χ2n) is 8.05. The van der Waals surface area contributed by atoms with Gasteiger partial charge in [0.05, 0.1) is 0 Å². The molecule has 0 aromatic carbocycles. The molecule has 0 aliphatic heterocycles. The molecule has 0 aromatic rings. The van der Waals surface area contributed by atoms with Crippen LogP contribution >= 0.6 is 0 Å². The smallest absolute Gasteiger partial charge is 0.0351 e. The monoisotopic (exact) mass is 222 g/mol. The first-order chi connectivity index (χ1) is 7.38. The zero-order valence-electron chi connectivity index (χ0n) is 11.8. The molecule has 0 heteroatoms. The lowest BCUT2D eigenvalue weighted by Gasteiger charge is -2.25. The van der Waals surface area contributed by atoms with Crippen LogP contribution in [-0.2, 0) is 0 Å². The summed E-state index contributed by atoms with van der Waals surface area (Å²) < 4.78 is 0. The Labute approximate surface area is 102 Å². The van der Waals surface area contributed by atoms with Gasteiger partial charge in [0.1, 0.15) is 0 Å². The molecule has 2 aliphatic carbocycles. The Morgan fingerprint density at radius 1 is 0.688 bits per heavy atom. The van der Waals surface area contributed by atoms with E-state index in [9.17, 15) is 0 Å². The second kappa shape index (κ2) is 4.35. The van der Waals surface area contributed by atoms with E-state index in [-0.39, 0.29) is 0 Å². The van der Waals surface area contributed by atoms with Crippen LogP contribution in [0.3, 0.4) is 0 Å². The lowest BCUT2D eigenvalue weighted by Crippen LogP contribution is -2.13. The largest absolute Gasteiger partial charge is 0.0599 e.